The highest BCUT2D eigenvalue weighted by Crippen LogP contribution is 2.30. The molecule has 2 aromatic heterocycles. The van der Waals surface area contributed by atoms with Crippen LogP contribution in [0.5, 0.6) is 0 Å². The van der Waals surface area contributed by atoms with Gasteiger partial charge < -0.3 is 10.3 Å². The summed E-state index contributed by atoms with van der Waals surface area (Å²) in [6.45, 7) is 1.96. The molecular formula is C22H15N5O4. The number of nitrogens with one attached hydrogen (secondary N) is 1. The Hall–Kier alpha value is -4.53. The molecule has 9 nitrogen and oxygen atoms in total. The van der Waals surface area contributed by atoms with E-state index in [9.17, 15) is 14.4 Å². The zero-order valence-corrected chi connectivity index (χ0v) is 16.2. The first-order valence-corrected chi connectivity index (χ1v) is 9.36. The smallest absolute Gasteiger partial charge is 0.262 e. The zero-order valence-electron chi connectivity index (χ0n) is 16.2. The molecule has 0 unspecified atom stereocenters. The molecule has 5 rings (SSSR count). The summed E-state index contributed by atoms with van der Waals surface area (Å²) in [5, 5.41) is 6.20. The molecule has 0 fully saturated rings. The van der Waals surface area contributed by atoms with Crippen molar-refractivity contribution in [3.05, 3.63) is 81.6 Å². The van der Waals surface area contributed by atoms with E-state index in [1.54, 1.807) is 24.3 Å². The average Bonchev–Trinajstić information content (AvgIpc) is 3.33. The van der Waals surface area contributed by atoms with Crippen molar-refractivity contribution in [2.75, 3.05) is 5.73 Å². The quantitative estimate of drug-likeness (QED) is 0.492. The Balaban J connectivity index is 1.68. The number of carbonyl (C=O) groups is 2. The number of carbonyl (C=O) groups excluding carboxylic acids is 2. The van der Waals surface area contributed by atoms with E-state index in [1.807, 2.05) is 31.2 Å². The summed E-state index contributed by atoms with van der Waals surface area (Å²) in [5.74, 6) is -0.865. The number of hydrogen-bond acceptors (Lipinski definition) is 7. The van der Waals surface area contributed by atoms with Crippen LogP contribution in [0.3, 0.4) is 0 Å². The number of nitrogen functional groups attached to an aromatic ring is 1. The molecule has 3 heterocycles. The van der Waals surface area contributed by atoms with Crippen LogP contribution in [0.4, 0.5) is 5.82 Å². The molecule has 3 N–H and O–H groups in total. The highest BCUT2D eigenvalue weighted by molar-refractivity contribution is 6.23. The van der Waals surface area contributed by atoms with Gasteiger partial charge >= 0.3 is 0 Å². The lowest BCUT2D eigenvalue weighted by Crippen LogP contribution is -2.24. The van der Waals surface area contributed by atoms with Gasteiger partial charge in [-0.3, -0.25) is 24.3 Å². The summed E-state index contributed by atoms with van der Waals surface area (Å²) < 4.78 is 6.62. The van der Waals surface area contributed by atoms with Crippen molar-refractivity contribution in [1.82, 2.24) is 20.0 Å². The molecule has 0 atom stereocenters. The van der Waals surface area contributed by atoms with E-state index < -0.39 is 17.4 Å². The third-order valence-electron chi connectivity index (χ3n) is 5.03. The van der Waals surface area contributed by atoms with E-state index in [2.05, 4.69) is 15.5 Å². The van der Waals surface area contributed by atoms with Crippen molar-refractivity contribution in [2.45, 2.75) is 6.92 Å². The van der Waals surface area contributed by atoms with Crippen LogP contribution in [0.1, 0.15) is 26.3 Å². The Morgan fingerprint density at radius 3 is 2.58 bits per heavy atom. The summed E-state index contributed by atoms with van der Waals surface area (Å²) in [6, 6.07) is 15.6. The fourth-order valence-corrected chi connectivity index (χ4v) is 3.61. The predicted molar refractivity (Wildman–Crippen MR) is 112 cm³/mol. The first kappa shape index (κ1) is 18.5. The van der Waals surface area contributed by atoms with E-state index in [4.69, 9.17) is 10.3 Å². The molecule has 0 radical (unpaired) electrons. The molecule has 2 aromatic carbocycles. The number of hydrogen-bond donors (Lipinski definition) is 2. The molecule has 0 bridgehead atoms. The molecule has 9 heteroatoms. The van der Waals surface area contributed by atoms with Gasteiger partial charge in [0.1, 0.15) is 5.82 Å². The maximum Gasteiger partial charge on any atom is 0.262 e. The molecule has 31 heavy (non-hydrogen) atoms. The summed E-state index contributed by atoms with van der Waals surface area (Å²) >= 11 is 0. The van der Waals surface area contributed by atoms with Gasteiger partial charge in [0.05, 0.1) is 22.4 Å². The fourth-order valence-electron chi connectivity index (χ4n) is 3.61. The van der Waals surface area contributed by atoms with Gasteiger partial charge in [0.2, 0.25) is 5.82 Å². The standard InChI is InChI=1S/C22H15N5O4/c1-11-5-4-6-12(9-11)19-24-22(31-26-19)13-7-2-3-8-15(13)27-16(28)10-14-17(18(27)23)21(30)25-20(14)29/h2-10H,23H2,1H3,(H,25,29,30). The Kier molecular flexibility index (Phi) is 4.04. The number of aromatic nitrogens is 3. The normalized spacial score (nSPS) is 12.7. The molecule has 0 spiro atoms. The largest absolute Gasteiger partial charge is 0.384 e. The van der Waals surface area contributed by atoms with E-state index in [-0.39, 0.29) is 22.8 Å². The van der Waals surface area contributed by atoms with Crippen molar-refractivity contribution in [3.63, 3.8) is 0 Å². The fraction of sp³-hybridized carbons (Fsp3) is 0.0455. The van der Waals surface area contributed by atoms with Crippen LogP contribution in [0.2, 0.25) is 0 Å². The second kappa shape index (κ2) is 6.77. The Labute approximate surface area is 175 Å². The van der Waals surface area contributed by atoms with Crippen molar-refractivity contribution >= 4 is 17.6 Å². The van der Waals surface area contributed by atoms with Crippen molar-refractivity contribution in [3.8, 4) is 28.5 Å². The van der Waals surface area contributed by atoms with E-state index >= 15 is 0 Å². The summed E-state index contributed by atoms with van der Waals surface area (Å²) in [7, 11) is 0. The van der Waals surface area contributed by atoms with Crippen molar-refractivity contribution in [2.24, 2.45) is 0 Å². The molecule has 0 saturated carbocycles. The first-order valence-electron chi connectivity index (χ1n) is 9.36. The molecule has 1 aliphatic heterocycles. The number of imide groups is 1. The lowest BCUT2D eigenvalue weighted by Gasteiger charge is -2.14. The minimum absolute atomic E-state index is 0.0367. The van der Waals surface area contributed by atoms with Crippen LogP contribution < -0.4 is 16.6 Å². The molecule has 0 saturated heterocycles. The SMILES string of the molecule is Cc1cccc(-c2noc(-c3ccccc3-n3c(N)c4c(cc3=O)C(=O)NC4=O)n2)c1. The number of para-hydroxylation sites is 1. The van der Waals surface area contributed by atoms with Crippen molar-refractivity contribution < 1.29 is 14.1 Å². The van der Waals surface area contributed by atoms with Gasteiger partial charge in [0, 0.05) is 11.6 Å². The summed E-state index contributed by atoms with van der Waals surface area (Å²) in [6.07, 6.45) is 0. The third kappa shape index (κ3) is 2.91. The number of aryl methyl sites for hydroxylation is 1. The number of pyridine rings is 1. The van der Waals surface area contributed by atoms with Gasteiger partial charge in [0.25, 0.3) is 23.3 Å². The molecule has 1 aliphatic rings. The Bertz CT molecular complexity index is 1450. The van der Waals surface area contributed by atoms with Crippen LogP contribution >= 0.6 is 0 Å². The van der Waals surface area contributed by atoms with Gasteiger partial charge in [-0.2, -0.15) is 4.98 Å². The second-order valence-corrected chi connectivity index (χ2v) is 7.08. The second-order valence-electron chi connectivity index (χ2n) is 7.08. The number of benzene rings is 2. The minimum Gasteiger partial charge on any atom is -0.384 e. The van der Waals surface area contributed by atoms with E-state index in [0.717, 1.165) is 21.8 Å². The average molecular weight is 413 g/mol. The number of rotatable bonds is 3. The van der Waals surface area contributed by atoms with E-state index in [1.165, 1.54) is 0 Å². The van der Waals surface area contributed by atoms with Gasteiger partial charge in [-0.1, -0.05) is 41.1 Å². The molecule has 152 valence electrons. The number of nitrogens with zero attached hydrogens (tertiary/aromatic N) is 3. The molecule has 4 aromatic rings. The predicted octanol–water partition coefficient (Wildman–Crippen LogP) is 2.33. The monoisotopic (exact) mass is 413 g/mol. The van der Waals surface area contributed by atoms with Gasteiger partial charge in [-0.25, -0.2) is 0 Å². The van der Waals surface area contributed by atoms with Crippen LogP contribution in [-0.4, -0.2) is 26.5 Å². The van der Waals surface area contributed by atoms with Crippen LogP contribution in [0, 0.1) is 6.92 Å². The maximum absolute atomic E-state index is 12.8. The molecule has 0 aliphatic carbocycles. The lowest BCUT2D eigenvalue weighted by atomic mass is 10.1. The number of anilines is 1. The van der Waals surface area contributed by atoms with Crippen molar-refractivity contribution in [1.29, 1.82) is 0 Å². The number of nitrogens with two attached hydrogens (primary N) is 1. The maximum atomic E-state index is 12.8. The highest BCUT2D eigenvalue weighted by atomic mass is 16.5. The summed E-state index contributed by atoms with van der Waals surface area (Å²) in [4.78, 5) is 41.4. The van der Waals surface area contributed by atoms with Gasteiger partial charge in [-0.15, -0.1) is 0 Å². The van der Waals surface area contributed by atoms with Gasteiger partial charge in [-0.05, 0) is 25.1 Å². The minimum atomic E-state index is -0.650. The number of fused-ring (bicyclic) bond motifs is 1. The topological polar surface area (TPSA) is 133 Å². The van der Waals surface area contributed by atoms with Crippen LogP contribution in [0.15, 0.2) is 63.9 Å². The molecular weight excluding hydrogens is 398 g/mol. The van der Waals surface area contributed by atoms with Gasteiger partial charge in [0.15, 0.2) is 0 Å². The lowest BCUT2D eigenvalue weighted by molar-refractivity contribution is 0.0880. The third-order valence-corrected chi connectivity index (χ3v) is 5.03. The molecule has 2 amide bonds. The first-order chi connectivity index (χ1) is 14.9. The zero-order chi connectivity index (χ0) is 21.7. The van der Waals surface area contributed by atoms with Crippen LogP contribution in [0.25, 0.3) is 28.5 Å². The Morgan fingerprint density at radius 1 is 0.968 bits per heavy atom. The Morgan fingerprint density at radius 2 is 1.77 bits per heavy atom. The number of amides is 2. The van der Waals surface area contributed by atoms with Crippen LogP contribution in [-0.2, 0) is 0 Å². The summed E-state index contributed by atoms with van der Waals surface area (Å²) in [5.41, 5.74) is 8.16. The highest BCUT2D eigenvalue weighted by Gasteiger charge is 2.32. The van der Waals surface area contributed by atoms with E-state index in [0.29, 0.717) is 17.1 Å².